The highest BCUT2D eigenvalue weighted by atomic mass is 35.5. The second kappa shape index (κ2) is 8.06. The maximum absolute atomic E-state index is 13.9. The third kappa shape index (κ3) is 5.52. The number of sulfone groups is 1. The standard InChI is InChI=1S/C14H20ClF2NO2S/c1-3-18-14(6-5-7-21(19,20)4-2)10-8-13(17)11(15)9-12(10)16/h8-9,14,18H,3-7H2,1-2H3. The molecule has 3 nitrogen and oxygen atoms in total. The molecule has 21 heavy (non-hydrogen) atoms. The number of benzene rings is 1. The molecule has 0 aromatic heterocycles. The summed E-state index contributed by atoms with van der Waals surface area (Å²) in [5, 5.41) is 2.78. The van der Waals surface area contributed by atoms with Crippen LogP contribution in [-0.2, 0) is 9.84 Å². The van der Waals surface area contributed by atoms with Crippen LogP contribution in [0, 0.1) is 11.6 Å². The van der Waals surface area contributed by atoms with Gasteiger partial charge in [-0.15, -0.1) is 0 Å². The topological polar surface area (TPSA) is 46.2 Å². The second-order valence-corrected chi connectivity index (χ2v) is 7.66. The zero-order valence-corrected chi connectivity index (χ0v) is 13.7. The zero-order valence-electron chi connectivity index (χ0n) is 12.1. The Labute approximate surface area is 129 Å². The predicted molar refractivity (Wildman–Crippen MR) is 81.3 cm³/mol. The number of halogens is 3. The molecule has 0 bridgehead atoms. The number of hydrogen-bond donors (Lipinski definition) is 1. The van der Waals surface area contributed by atoms with E-state index >= 15 is 0 Å². The Hall–Kier alpha value is -0.720. The lowest BCUT2D eigenvalue weighted by molar-refractivity contribution is 0.474. The summed E-state index contributed by atoms with van der Waals surface area (Å²) in [7, 11) is -3.05. The lowest BCUT2D eigenvalue weighted by Crippen LogP contribution is -2.23. The van der Waals surface area contributed by atoms with E-state index in [4.69, 9.17) is 11.6 Å². The molecule has 0 saturated carbocycles. The van der Waals surface area contributed by atoms with Gasteiger partial charge in [-0.3, -0.25) is 0 Å². The number of nitrogens with one attached hydrogen (secondary N) is 1. The monoisotopic (exact) mass is 339 g/mol. The Morgan fingerprint density at radius 1 is 1.24 bits per heavy atom. The molecule has 1 unspecified atom stereocenters. The lowest BCUT2D eigenvalue weighted by Gasteiger charge is -2.19. The Balaban J connectivity index is 2.85. The molecular weight excluding hydrogens is 320 g/mol. The zero-order chi connectivity index (χ0) is 16.0. The average Bonchev–Trinajstić information content (AvgIpc) is 2.42. The summed E-state index contributed by atoms with van der Waals surface area (Å²) < 4.78 is 50.4. The SMILES string of the molecule is CCNC(CCCS(=O)(=O)CC)c1cc(F)c(Cl)cc1F. The summed E-state index contributed by atoms with van der Waals surface area (Å²) in [6, 6.07) is 1.58. The van der Waals surface area contributed by atoms with Gasteiger partial charge < -0.3 is 5.32 Å². The predicted octanol–water partition coefficient (Wildman–Crippen LogP) is 3.48. The van der Waals surface area contributed by atoms with Crippen molar-refractivity contribution >= 4 is 21.4 Å². The highest BCUT2D eigenvalue weighted by molar-refractivity contribution is 7.91. The van der Waals surface area contributed by atoms with E-state index < -0.39 is 27.5 Å². The fourth-order valence-corrected chi connectivity index (χ4v) is 3.12. The van der Waals surface area contributed by atoms with Gasteiger partial charge in [0.25, 0.3) is 0 Å². The molecule has 0 saturated heterocycles. The van der Waals surface area contributed by atoms with E-state index in [0.717, 1.165) is 12.1 Å². The molecule has 7 heteroatoms. The molecule has 0 aliphatic rings. The fourth-order valence-electron chi connectivity index (χ4n) is 2.07. The van der Waals surface area contributed by atoms with Gasteiger partial charge in [-0.25, -0.2) is 17.2 Å². The van der Waals surface area contributed by atoms with E-state index in [9.17, 15) is 17.2 Å². The highest BCUT2D eigenvalue weighted by Crippen LogP contribution is 2.26. The third-order valence-corrected chi connectivity index (χ3v) is 5.33. The van der Waals surface area contributed by atoms with Crippen LogP contribution in [0.1, 0.15) is 38.3 Å². The molecule has 0 aliphatic heterocycles. The first-order valence-electron chi connectivity index (χ1n) is 6.89. The lowest BCUT2D eigenvalue weighted by atomic mass is 10.0. The van der Waals surface area contributed by atoms with E-state index in [0.29, 0.717) is 19.4 Å². The molecule has 1 aromatic carbocycles. The summed E-state index contributed by atoms with van der Waals surface area (Å²) in [5.74, 6) is -1.14. The molecule has 120 valence electrons. The molecule has 1 atom stereocenters. The summed E-state index contributed by atoms with van der Waals surface area (Å²) >= 11 is 5.54. The first-order chi connectivity index (χ1) is 9.80. The van der Waals surface area contributed by atoms with Crippen molar-refractivity contribution in [1.29, 1.82) is 0 Å². The summed E-state index contributed by atoms with van der Waals surface area (Å²) in [6.45, 7) is 4.00. The second-order valence-electron chi connectivity index (χ2n) is 4.78. The molecule has 0 heterocycles. The molecule has 0 aliphatic carbocycles. The minimum atomic E-state index is -3.05. The molecule has 1 rings (SSSR count). The number of rotatable bonds is 8. The largest absolute Gasteiger partial charge is 0.310 e. The van der Waals surface area contributed by atoms with E-state index in [1.165, 1.54) is 0 Å². The third-order valence-electron chi connectivity index (χ3n) is 3.25. The first kappa shape index (κ1) is 18.3. The Morgan fingerprint density at radius 3 is 2.48 bits per heavy atom. The van der Waals surface area contributed by atoms with Gasteiger partial charge in [-0.05, 0) is 31.5 Å². The Kier molecular flexibility index (Phi) is 7.03. The highest BCUT2D eigenvalue weighted by Gasteiger charge is 2.18. The average molecular weight is 340 g/mol. The first-order valence-corrected chi connectivity index (χ1v) is 9.09. The fraction of sp³-hybridized carbons (Fsp3) is 0.571. The van der Waals surface area contributed by atoms with Crippen LogP contribution in [-0.4, -0.2) is 26.5 Å². The summed E-state index contributed by atoms with van der Waals surface area (Å²) in [6.07, 6.45) is 0.794. The molecular formula is C14H20ClF2NO2S. The van der Waals surface area contributed by atoms with Gasteiger partial charge in [0.05, 0.1) is 10.8 Å². The van der Waals surface area contributed by atoms with Crippen LogP contribution < -0.4 is 5.32 Å². The van der Waals surface area contributed by atoms with Crippen LogP contribution in [0.2, 0.25) is 5.02 Å². The van der Waals surface area contributed by atoms with Crippen molar-refractivity contribution in [2.75, 3.05) is 18.1 Å². The quantitative estimate of drug-likeness (QED) is 0.737. The maximum Gasteiger partial charge on any atom is 0.150 e. The van der Waals surface area contributed by atoms with Crippen molar-refractivity contribution in [3.05, 3.63) is 34.4 Å². The molecule has 1 aromatic rings. The van der Waals surface area contributed by atoms with Gasteiger partial charge in [-0.2, -0.15) is 0 Å². The van der Waals surface area contributed by atoms with Crippen LogP contribution in [0.25, 0.3) is 0 Å². The van der Waals surface area contributed by atoms with E-state index in [1.54, 1.807) is 6.92 Å². The van der Waals surface area contributed by atoms with Gasteiger partial charge >= 0.3 is 0 Å². The van der Waals surface area contributed by atoms with Gasteiger partial charge in [0.15, 0.2) is 0 Å². The van der Waals surface area contributed by atoms with Gasteiger partial charge in [-0.1, -0.05) is 25.4 Å². The normalized spacial score (nSPS) is 13.4. The number of hydrogen-bond acceptors (Lipinski definition) is 3. The smallest absolute Gasteiger partial charge is 0.150 e. The molecule has 0 radical (unpaired) electrons. The molecule has 0 fully saturated rings. The van der Waals surface area contributed by atoms with E-state index in [-0.39, 0.29) is 22.1 Å². The van der Waals surface area contributed by atoms with E-state index in [1.807, 2.05) is 6.92 Å². The minimum Gasteiger partial charge on any atom is -0.310 e. The van der Waals surface area contributed by atoms with Gasteiger partial charge in [0.2, 0.25) is 0 Å². The van der Waals surface area contributed by atoms with Crippen molar-refractivity contribution in [1.82, 2.24) is 5.32 Å². The maximum atomic E-state index is 13.9. The van der Waals surface area contributed by atoms with Crippen molar-refractivity contribution in [3.8, 4) is 0 Å². The van der Waals surface area contributed by atoms with Gasteiger partial charge in [0.1, 0.15) is 21.5 Å². The molecule has 0 spiro atoms. The van der Waals surface area contributed by atoms with Crippen molar-refractivity contribution in [2.45, 2.75) is 32.7 Å². The summed E-state index contributed by atoms with van der Waals surface area (Å²) in [4.78, 5) is 0. The van der Waals surface area contributed by atoms with Crippen molar-refractivity contribution in [2.24, 2.45) is 0 Å². The summed E-state index contributed by atoms with van der Waals surface area (Å²) in [5.41, 5.74) is 0.174. The Bertz CT molecular complexity index is 579. The minimum absolute atomic E-state index is 0.0447. The Morgan fingerprint density at radius 2 is 1.90 bits per heavy atom. The van der Waals surface area contributed by atoms with Crippen LogP contribution in [0.5, 0.6) is 0 Å². The van der Waals surface area contributed by atoms with Crippen LogP contribution in [0.4, 0.5) is 8.78 Å². The van der Waals surface area contributed by atoms with E-state index in [2.05, 4.69) is 5.32 Å². The molecule has 1 N–H and O–H groups in total. The van der Waals surface area contributed by atoms with Gasteiger partial charge in [0, 0.05) is 17.4 Å². The van der Waals surface area contributed by atoms with Crippen molar-refractivity contribution in [3.63, 3.8) is 0 Å². The van der Waals surface area contributed by atoms with Crippen LogP contribution >= 0.6 is 11.6 Å². The van der Waals surface area contributed by atoms with Crippen LogP contribution in [0.3, 0.4) is 0 Å². The molecule has 0 amide bonds. The van der Waals surface area contributed by atoms with Crippen LogP contribution in [0.15, 0.2) is 12.1 Å². The van der Waals surface area contributed by atoms with Crippen molar-refractivity contribution < 1.29 is 17.2 Å².